The summed E-state index contributed by atoms with van der Waals surface area (Å²) in [5, 5.41) is 12.4. The molecule has 0 saturated carbocycles. The van der Waals surface area contributed by atoms with Crippen LogP contribution >= 0.6 is 0 Å². The summed E-state index contributed by atoms with van der Waals surface area (Å²) in [6.45, 7) is 3.13. The van der Waals surface area contributed by atoms with Crippen LogP contribution in [0.5, 0.6) is 5.75 Å². The molecular weight excluding hydrogens is 326 g/mol. The van der Waals surface area contributed by atoms with Gasteiger partial charge in [-0.05, 0) is 42.3 Å². The maximum Gasteiger partial charge on any atom is 0.335 e. The van der Waals surface area contributed by atoms with Crippen LogP contribution in [0.3, 0.4) is 0 Å². The third-order valence-electron chi connectivity index (χ3n) is 4.18. The zero-order chi connectivity index (χ0) is 18.4. The average Bonchev–Trinajstić information content (AvgIpc) is 2.66. The van der Waals surface area contributed by atoms with Gasteiger partial charge in [-0.25, -0.2) is 4.79 Å². The predicted molar refractivity (Wildman–Crippen MR) is 103 cm³/mol. The van der Waals surface area contributed by atoms with E-state index in [0.717, 1.165) is 22.6 Å². The molecule has 0 aliphatic carbocycles. The molecule has 0 fully saturated rings. The van der Waals surface area contributed by atoms with Crippen molar-refractivity contribution in [1.29, 1.82) is 0 Å². The Morgan fingerprint density at radius 2 is 1.65 bits per heavy atom. The predicted octanol–water partition coefficient (Wildman–Crippen LogP) is 4.88. The molecule has 0 aliphatic heterocycles. The zero-order valence-electron chi connectivity index (χ0n) is 14.6. The number of carbonyl (C=O) groups is 1. The average molecular weight is 347 g/mol. The Bertz CT molecular complexity index is 888. The first-order valence-electron chi connectivity index (χ1n) is 8.46. The maximum absolute atomic E-state index is 10.9. The van der Waals surface area contributed by atoms with Crippen molar-refractivity contribution in [1.82, 2.24) is 0 Å². The lowest BCUT2D eigenvalue weighted by atomic mass is 10.1. The summed E-state index contributed by atoms with van der Waals surface area (Å²) in [4.78, 5) is 10.9. The third-order valence-corrected chi connectivity index (χ3v) is 4.18. The lowest BCUT2D eigenvalue weighted by Gasteiger charge is -2.14. The molecule has 0 aliphatic rings. The highest BCUT2D eigenvalue weighted by Gasteiger charge is 2.06. The fourth-order valence-corrected chi connectivity index (χ4v) is 2.66. The largest absolute Gasteiger partial charge is 0.489 e. The molecule has 2 N–H and O–H groups in total. The molecule has 3 rings (SSSR count). The van der Waals surface area contributed by atoms with Crippen molar-refractivity contribution in [3.8, 4) is 5.75 Å². The molecule has 0 amide bonds. The molecule has 0 heterocycles. The van der Waals surface area contributed by atoms with Gasteiger partial charge >= 0.3 is 5.97 Å². The Balaban J connectivity index is 1.65. The highest BCUT2D eigenvalue weighted by molar-refractivity contribution is 5.87. The van der Waals surface area contributed by atoms with Crippen molar-refractivity contribution < 1.29 is 14.6 Å². The van der Waals surface area contributed by atoms with Crippen LogP contribution in [-0.4, -0.2) is 11.1 Å². The number of hydrogen-bond acceptors (Lipinski definition) is 3. The molecule has 0 bridgehead atoms. The summed E-state index contributed by atoms with van der Waals surface area (Å²) in [6.07, 6.45) is 0. The van der Waals surface area contributed by atoms with Crippen molar-refractivity contribution >= 4 is 11.7 Å². The number of aromatic carboxylic acids is 1. The quantitative estimate of drug-likeness (QED) is 0.639. The van der Waals surface area contributed by atoms with E-state index in [1.807, 2.05) is 36.4 Å². The van der Waals surface area contributed by atoms with E-state index in [9.17, 15) is 4.79 Å². The molecule has 0 radical (unpaired) electrons. The first-order valence-corrected chi connectivity index (χ1v) is 8.46. The van der Waals surface area contributed by atoms with E-state index in [0.29, 0.717) is 13.2 Å². The van der Waals surface area contributed by atoms with Gasteiger partial charge in [0.15, 0.2) is 0 Å². The second kappa shape index (κ2) is 8.21. The standard InChI is InChI=1S/C22H21NO3/c1-16-6-2-4-8-20(16)23-14-19-7-3-5-9-21(19)26-15-17-10-12-18(13-11-17)22(24)25/h2-13,23H,14-15H2,1H3,(H,24,25). The molecule has 0 atom stereocenters. The molecule has 3 aromatic rings. The van der Waals surface area contributed by atoms with Crippen LogP contribution in [0.15, 0.2) is 72.8 Å². The number of anilines is 1. The third kappa shape index (κ3) is 4.42. The number of para-hydroxylation sites is 2. The SMILES string of the molecule is Cc1ccccc1NCc1ccccc1OCc1ccc(C(=O)O)cc1. The first kappa shape index (κ1) is 17.5. The van der Waals surface area contributed by atoms with E-state index in [1.54, 1.807) is 24.3 Å². The van der Waals surface area contributed by atoms with Crippen LogP contribution in [0.25, 0.3) is 0 Å². The van der Waals surface area contributed by atoms with Gasteiger partial charge in [0.05, 0.1) is 5.56 Å². The second-order valence-electron chi connectivity index (χ2n) is 6.07. The number of nitrogens with one attached hydrogen (secondary N) is 1. The fourth-order valence-electron chi connectivity index (χ4n) is 2.66. The Morgan fingerprint density at radius 3 is 2.38 bits per heavy atom. The molecule has 0 saturated heterocycles. The molecule has 4 nitrogen and oxygen atoms in total. The van der Waals surface area contributed by atoms with Gasteiger partial charge in [0.2, 0.25) is 0 Å². The minimum Gasteiger partial charge on any atom is -0.489 e. The lowest BCUT2D eigenvalue weighted by Crippen LogP contribution is -2.04. The van der Waals surface area contributed by atoms with E-state index >= 15 is 0 Å². The Hall–Kier alpha value is -3.27. The van der Waals surface area contributed by atoms with E-state index in [1.165, 1.54) is 5.56 Å². The van der Waals surface area contributed by atoms with Gasteiger partial charge in [-0.15, -0.1) is 0 Å². The van der Waals surface area contributed by atoms with E-state index in [4.69, 9.17) is 9.84 Å². The normalized spacial score (nSPS) is 10.3. The van der Waals surface area contributed by atoms with Gasteiger partial charge in [0.1, 0.15) is 12.4 Å². The summed E-state index contributed by atoms with van der Waals surface area (Å²) >= 11 is 0. The fraction of sp³-hybridized carbons (Fsp3) is 0.136. The van der Waals surface area contributed by atoms with Crippen LogP contribution < -0.4 is 10.1 Å². The van der Waals surface area contributed by atoms with Crippen LogP contribution in [0.4, 0.5) is 5.69 Å². The van der Waals surface area contributed by atoms with Gasteiger partial charge in [-0.3, -0.25) is 0 Å². The number of ether oxygens (including phenoxy) is 1. The second-order valence-corrected chi connectivity index (χ2v) is 6.07. The van der Waals surface area contributed by atoms with Crippen LogP contribution in [0.1, 0.15) is 27.0 Å². The molecule has 3 aromatic carbocycles. The first-order chi connectivity index (χ1) is 12.6. The number of carboxylic acids is 1. The maximum atomic E-state index is 10.9. The van der Waals surface area contributed by atoms with Gasteiger partial charge in [-0.1, -0.05) is 48.5 Å². The Kier molecular flexibility index (Phi) is 5.54. The molecule has 0 unspecified atom stereocenters. The minimum absolute atomic E-state index is 0.275. The van der Waals surface area contributed by atoms with Crippen molar-refractivity contribution in [3.63, 3.8) is 0 Å². The van der Waals surface area contributed by atoms with Crippen LogP contribution in [0.2, 0.25) is 0 Å². The number of hydrogen-bond donors (Lipinski definition) is 2. The molecule has 26 heavy (non-hydrogen) atoms. The Morgan fingerprint density at radius 1 is 0.962 bits per heavy atom. The molecule has 0 spiro atoms. The van der Waals surface area contributed by atoms with Crippen LogP contribution in [0, 0.1) is 6.92 Å². The lowest BCUT2D eigenvalue weighted by molar-refractivity contribution is 0.0697. The summed E-state index contributed by atoms with van der Waals surface area (Å²) < 4.78 is 5.95. The number of rotatable bonds is 7. The van der Waals surface area contributed by atoms with Crippen molar-refractivity contribution in [2.45, 2.75) is 20.1 Å². The number of benzene rings is 3. The molecule has 132 valence electrons. The minimum atomic E-state index is -0.926. The van der Waals surface area contributed by atoms with E-state index < -0.39 is 5.97 Å². The Labute approximate surface area is 153 Å². The molecule has 0 aromatic heterocycles. The molecule has 4 heteroatoms. The summed E-state index contributed by atoms with van der Waals surface area (Å²) in [7, 11) is 0. The summed E-state index contributed by atoms with van der Waals surface area (Å²) in [5.41, 5.74) is 4.57. The summed E-state index contributed by atoms with van der Waals surface area (Å²) in [5.74, 6) is -0.110. The van der Waals surface area contributed by atoms with Gasteiger partial charge < -0.3 is 15.2 Å². The van der Waals surface area contributed by atoms with Crippen LogP contribution in [-0.2, 0) is 13.2 Å². The van der Waals surface area contributed by atoms with Gasteiger partial charge in [0.25, 0.3) is 0 Å². The smallest absolute Gasteiger partial charge is 0.335 e. The van der Waals surface area contributed by atoms with Crippen molar-refractivity contribution in [3.05, 3.63) is 95.1 Å². The van der Waals surface area contributed by atoms with E-state index in [2.05, 4.69) is 24.4 Å². The molecular formula is C22H21NO3. The monoisotopic (exact) mass is 347 g/mol. The van der Waals surface area contributed by atoms with Crippen molar-refractivity contribution in [2.24, 2.45) is 0 Å². The topological polar surface area (TPSA) is 58.6 Å². The number of carboxylic acid groups (broad SMARTS) is 1. The van der Waals surface area contributed by atoms with Gasteiger partial charge in [-0.2, -0.15) is 0 Å². The van der Waals surface area contributed by atoms with Gasteiger partial charge in [0, 0.05) is 17.8 Å². The summed E-state index contributed by atoms with van der Waals surface area (Å²) in [6, 6.07) is 22.8. The van der Waals surface area contributed by atoms with Crippen molar-refractivity contribution in [2.75, 3.05) is 5.32 Å². The van der Waals surface area contributed by atoms with E-state index in [-0.39, 0.29) is 5.56 Å². The number of aryl methyl sites for hydroxylation is 1. The highest BCUT2D eigenvalue weighted by atomic mass is 16.5. The zero-order valence-corrected chi connectivity index (χ0v) is 14.6. The highest BCUT2D eigenvalue weighted by Crippen LogP contribution is 2.22.